The molecular weight excluding hydrogens is 230 g/mol. The van der Waals surface area contributed by atoms with E-state index in [0.717, 1.165) is 6.42 Å². The summed E-state index contributed by atoms with van der Waals surface area (Å²) in [6.45, 7) is 4.40. The minimum Gasteiger partial charge on any atom is -0.409 e. The van der Waals surface area contributed by atoms with Crippen LogP contribution in [0, 0.1) is 17.3 Å². The first-order valence-electron chi connectivity index (χ1n) is 6.84. The lowest BCUT2D eigenvalue weighted by atomic mass is 9.93. The first kappa shape index (κ1) is 13.2. The molecule has 0 saturated heterocycles. The second-order valence-corrected chi connectivity index (χ2v) is 5.75. The van der Waals surface area contributed by atoms with Gasteiger partial charge in [0.1, 0.15) is 5.41 Å². The molecule has 0 spiro atoms. The summed E-state index contributed by atoms with van der Waals surface area (Å²) in [4.78, 5) is 12.2. The summed E-state index contributed by atoms with van der Waals surface area (Å²) in [5.41, 5.74) is 4.89. The summed E-state index contributed by atoms with van der Waals surface area (Å²) < 4.78 is 0. The van der Waals surface area contributed by atoms with Gasteiger partial charge in [0.05, 0.1) is 0 Å². The van der Waals surface area contributed by atoms with Gasteiger partial charge in [-0.2, -0.15) is 0 Å². The van der Waals surface area contributed by atoms with Crippen LogP contribution in [0.25, 0.3) is 0 Å². The molecule has 2 rings (SSSR count). The van der Waals surface area contributed by atoms with Gasteiger partial charge >= 0.3 is 0 Å². The molecule has 0 bridgehead atoms. The molecule has 0 aromatic rings. The van der Waals surface area contributed by atoms with Crippen LogP contribution in [0.1, 0.15) is 46.0 Å². The van der Waals surface area contributed by atoms with E-state index >= 15 is 0 Å². The van der Waals surface area contributed by atoms with Gasteiger partial charge in [-0.25, -0.2) is 0 Å². The number of amides is 1. The predicted octanol–water partition coefficient (Wildman–Crippen LogP) is 1.45. The molecule has 1 amide bonds. The van der Waals surface area contributed by atoms with Crippen molar-refractivity contribution in [3.63, 3.8) is 0 Å². The molecule has 5 heteroatoms. The van der Waals surface area contributed by atoms with E-state index in [4.69, 9.17) is 10.9 Å². The van der Waals surface area contributed by atoms with Crippen molar-refractivity contribution < 1.29 is 10.0 Å². The molecule has 0 aromatic carbocycles. The SMILES string of the molecule is CCC1CCC(NC(=O)C2(C(N)=NO)CC2)C1C. The number of rotatable bonds is 4. The number of oxime groups is 1. The second-order valence-electron chi connectivity index (χ2n) is 5.75. The van der Waals surface area contributed by atoms with Crippen molar-refractivity contribution in [3.05, 3.63) is 0 Å². The zero-order chi connectivity index (χ0) is 13.3. The zero-order valence-electron chi connectivity index (χ0n) is 11.1. The molecule has 2 fully saturated rings. The van der Waals surface area contributed by atoms with Gasteiger partial charge < -0.3 is 16.3 Å². The normalized spacial score (nSPS) is 34.3. The second kappa shape index (κ2) is 4.78. The van der Waals surface area contributed by atoms with Crippen molar-refractivity contribution in [1.82, 2.24) is 5.32 Å². The topological polar surface area (TPSA) is 87.7 Å². The van der Waals surface area contributed by atoms with Crippen LogP contribution in [-0.2, 0) is 4.79 Å². The van der Waals surface area contributed by atoms with E-state index in [1.54, 1.807) is 0 Å². The minimum atomic E-state index is -0.723. The number of nitrogens with one attached hydrogen (secondary N) is 1. The Morgan fingerprint density at radius 3 is 2.61 bits per heavy atom. The van der Waals surface area contributed by atoms with Crippen LogP contribution in [0.15, 0.2) is 5.16 Å². The molecule has 3 unspecified atom stereocenters. The summed E-state index contributed by atoms with van der Waals surface area (Å²) in [5, 5.41) is 14.8. The van der Waals surface area contributed by atoms with Gasteiger partial charge in [0.2, 0.25) is 5.91 Å². The molecule has 2 aliphatic rings. The highest BCUT2D eigenvalue weighted by atomic mass is 16.4. The molecule has 2 saturated carbocycles. The monoisotopic (exact) mass is 253 g/mol. The summed E-state index contributed by atoms with van der Waals surface area (Å²) >= 11 is 0. The molecule has 0 radical (unpaired) electrons. The van der Waals surface area contributed by atoms with Crippen molar-refractivity contribution in [3.8, 4) is 0 Å². The van der Waals surface area contributed by atoms with Crippen LogP contribution in [0.3, 0.4) is 0 Å². The molecular formula is C13H23N3O2. The quantitative estimate of drug-likeness (QED) is 0.307. The molecule has 0 aliphatic heterocycles. The molecule has 5 nitrogen and oxygen atoms in total. The molecule has 4 N–H and O–H groups in total. The van der Waals surface area contributed by atoms with E-state index in [2.05, 4.69) is 24.3 Å². The van der Waals surface area contributed by atoms with E-state index in [0.29, 0.717) is 24.7 Å². The van der Waals surface area contributed by atoms with Crippen molar-refractivity contribution in [2.45, 2.75) is 52.0 Å². The Labute approximate surface area is 108 Å². The maximum atomic E-state index is 12.2. The summed E-state index contributed by atoms with van der Waals surface area (Å²) in [6.07, 6.45) is 4.76. The Morgan fingerprint density at radius 1 is 1.50 bits per heavy atom. The largest absolute Gasteiger partial charge is 0.409 e. The van der Waals surface area contributed by atoms with Gasteiger partial charge in [-0.15, -0.1) is 0 Å². The highest BCUT2D eigenvalue weighted by molar-refractivity contribution is 6.09. The first-order valence-corrected chi connectivity index (χ1v) is 6.84. The van der Waals surface area contributed by atoms with Gasteiger partial charge in [-0.1, -0.05) is 25.4 Å². The summed E-state index contributed by atoms with van der Waals surface area (Å²) in [6, 6.07) is 0.242. The molecule has 0 aromatic heterocycles. The van der Waals surface area contributed by atoms with Crippen molar-refractivity contribution in [2.24, 2.45) is 28.1 Å². The van der Waals surface area contributed by atoms with Crippen molar-refractivity contribution in [1.29, 1.82) is 0 Å². The lowest BCUT2D eigenvalue weighted by molar-refractivity contribution is -0.125. The number of hydrogen-bond acceptors (Lipinski definition) is 3. The van der Waals surface area contributed by atoms with Gasteiger partial charge in [0, 0.05) is 6.04 Å². The fourth-order valence-corrected chi connectivity index (χ4v) is 3.15. The van der Waals surface area contributed by atoms with E-state index in [-0.39, 0.29) is 17.8 Å². The van der Waals surface area contributed by atoms with Crippen LogP contribution >= 0.6 is 0 Å². The predicted molar refractivity (Wildman–Crippen MR) is 69.2 cm³/mol. The number of hydrogen-bond donors (Lipinski definition) is 3. The third-order valence-electron chi connectivity index (χ3n) is 4.85. The molecule has 0 heterocycles. The Bertz CT molecular complexity index is 363. The third-order valence-corrected chi connectivity index (χ3v) is 4.85. The van der Waals surface area contributed by atoms with Crippen molar-refractivity contribution in [2.75, 3.05) is 0 Å². The number of nitrogens with two attached hydrogens (primary N) is 1. The third kappa shape index (κ3) is 2.06. The highest BCUT2D eigenvalue weighted by Gasteiger charge is 2.55. The smallest absolute Gasteiger partial charge is 0.234 e. The molecule has 2 aliphatic carbocycles. The molecule has 3 atom stereocenters. The summed E-state index contributed by atoms with van der Waals surface area (Å²) in [5.74, 6) is 1.21. The minimum absolute atomic E-state index is 0.0534. The van der Waals surface area contributed by atoms with Crippen molar-refractivity contribution >= 4 is 11.7 Å². The van der Waals surface area contributed by atoms with E-state index in [1.165, 1.54) is 12.8 Å². The fourth-order valence-electron chi connectivity index (χ4n) is 3.15. The first-order chi connectivity index (χ1) is 8.55. The van der Waals surface area contributed by atoms with Crippen LogP contribution in [0.2, 0.25) is 0 Å². The van der Waals surface area contributed by atoms with E-state index in [1.807, 2.05) is 0 Å². The van der Waals surface area contributed by atoms with E-state index in [9.17, 15) is 4.79 Å². The van der Waals surface area contributed by atoms with Gasteiger partial charge in [-0.3, -0.25) is 4.79 Å². The lowest BCUT2D eigenvalue weighted by Gasteiger charge is -2.23. The van der Waals surface area contributed by atoms with E-state index < -0.39 is 5.41 Å². The Hall–Kier alpha value is -1.26. The van der Waals surface area contributed by atoms with Crippen LogP contribution in [0.5, 0.6) is 0 Å². The Kier molecular flexibility index (Phi) is 3.50. The summed E-state index contributed by atoms with van der Waals surface area (Å²) in [7, 11) is 0. The maximum Gasteiger partial charge on any atom is 0.234 e. The van der Waals surface area contributed by atoms with Gasteiger partial charge in [-0.05, 0) is 37.5 Å². The van der Waals surface area contributed by atoms with Gasteiger partial charge in [0.15, 0.2) is 5.84 Å². The molecule has 102 valence electrons. The fraction of sp³-hybridized carbons (Fsp3) is 0.846. The lowest BCUT2D eigenvalue weighted by Crippen LogP contribution is -2.46. The van der Waals surface area contributed by atoms with Crippen LogP contribution < -0.4 is 11.1 Å². The zero-order valence-corrected chi connectivity index (χ0v) is 11.1. The van der Waals surface area contributed by atoms with Gasteiger partial charge in [0.25, 0.3) is 0 Å². The Morgan fingerprint density at radius 2 is 2.17 bits per heavy atom. The maximum absolute atomic E-state index is 12.2. The standard InChI is InChI=1S/C13H23N3O2/c1-3-9-4-5-10(8(9)2)15-12(17)13(6-7-13)11(14)16-18/h8-10,18H,3-7H2,1-2H3,(H2,14,16)(H,15,17). The van der Waals surface area contributed by atoms with Crippen LogP contribution in [0.4, 0.5) is 0 Å². The average molecular weight is 253 g/mol. The number of nitrogens with zero attached hydrogens (tertiary/aromatic N) is 1. The number of carbonyl (C=O) groups excluding carboxylic acids is 1. The van der Waals surface area contributed by atoms with Crippen LogP contribution in [-0.4, -0.2) is 23.0 Å². The number of carbonyl (C=O) groups is 1. The molecule has 18 heavy (non-hydrogen) atoms. The Balaban J connectivity index is 1.97. The highest BCUT2D eigenvalue weighted by Crippen LogP contribution is 2.46. The number of amidine groups is 1. The average Bonchev–Trinajstić information content (AvgIpc) is 3.11.